The number of rotatable bonds is 7. The lowest BCUT2D eigenvalue weighted by atomic mass is 10.1. The van der Waals surface area contributed by atoms with Gasteiger partial charge in [-0.2, -0.15) is 19.5 Å². The Labute approximate surface area is 226 Å². The van der Waals surface area contributed by atoms with Crippen LogP contribution in [0.4, 0.5) is 27.8 Å². The monoisotopic (exact) mass is 547 g/mol. The van der Waals surface area contributed by atoms with Gasteiger partial charge in [0.05, 0.1) is 17.9 Å². The zero-order valence-corrected chi connectivity index (χ0v) is 21.3. The normalized spacial score (nSPS) is 19.1. The quantitative estimate of drug-likeness (QED) is 0.261. The number of carbonyl (C=O) groups excluding carboxylic acids is 1. The van der Waals surface area contributed by atoms with Gasteiger partial charge in [0.1, 0.15) is 11.7 Å². The molecule has 1 saturated carbocycles. The predicted molar refractivity (Wildman–Crippen MR) is 142 cm³/mol. The van der Waals surface area contributed by atoms with Crippen molar-refractivity contribution in [1.29, 1.82) is 0 Å². The molecule has 1 amide bonds. The van der Waals surface area contributed by atoms with E-state index in [4.69, 9.17) is 21.6 Å². The molecule has 14 heteroatoms. The van der Waals surface area contributed by atoms with Crippen LogP contribution in [-0.2, 0) is 4.79 Å². The number of nitrogens with one attached hydrogen (secondary N) is 3. The molecule has 0 spiro atoms. The van der Waals surface area contributed by atoms with Gasteiger partial charge < -0.3 is 20.1 Å². The number of amides is 1. The summed E-state index contributed by atoms with van der Waals surface area (Å²) in [5, 5.41) is 14.0. The number of H-pyrrole nitrogens is 1. The highest BCUT2D eigenvalue weighted by molar-refractivity contribution is 6.28. The van der Waals surface area contributed by atoms with E-state index in [0.29, 0.717) is 53.2 Å². The van der Waals surface area contributed by atoms with E-state index in [2.05, 4.69) is 30.8 Å². The maximum Gasteiger partial charge on any atom is 0.247 e. The number of aromatic amines is 1. The Hall–Kier alpha value is -4.52. The SMILES string of the molecule is O=C(Nc1ccc(F)nc1)[C@@H]1C[C@H](n2ccnc2Cl)CN1c1nc(Nc2cc(C3CC3)[nH]n2)n2cccc2n1. The Bertz CT molecular complexity index is 1660. The van der Waals surface area contributed by atoms with Crippen LogP contribution in [0.3, 0.4) is 0 Å². The summed E-state index contributed by atoms with van der Waals surface area (Å²) < 4.78 is 17.0. The van der Waals surface area contributed by atoms with Gasteiger partial charge in [0, 0.05) is 42.8 Å². The van der Waals surface area contributed by atoms with Gasteiger partial charge in [0.2, 0.25) is 29.0 Å². The summed E-state index contributed by atoms with van der Waals surface area (Å²) in [6.07, 6.45) is 9.30. The maximum atomic E-state index is 13.5. The molecule has 1 aliphatic carbocycles. The van der Waals surface area contributed by atoms with E-state index < -0.39 is 12.0 Å². The maximum absolute atomic E-state index is 13.5. The lowest BCUT2D eigenvalue weighted by Gasteiger charge is -2.24. The van der Waals surface area contributed by atoms with E-state index in [-0.39, 0.29) is 11.9 Å². The number of nitrogens with zero attached hydrogens (tertiary/aromatic N) is 8. The van der Waals surface area contributed by atoms with E-state index in [1.165, 1.54) is 18.3 Å². The van der Waals surface area contributed by atoms with Crippen LogP contribution >= 0.6 is 11.6 Å². The number of aromatic nitrogens is 8. The van der Waals surface area contributed by atoms with Crippen LogP contribution in [-0.4, -0.2) is 57.6 Å². The molecular formula is C25H23ClFN11O. The highest BCUT2D eigenvalue weighted by atomic mass is 35.5. The molecular weight excluding hydrogens is 525 g/mol. The molecule has 198 valence electrons. The molecule has 2 fully saturated rings. The average molecular weight is 548 g/mol. The summed E-state index contributed by atoms with van der Waals surface area (Å²) in [4.78, 5) is 32.7. The van der Waals surface area contributed by atoms with Crippen LogP contribution in [0.15, 0.2) is 55.1 Å². The van der Waals surface area contributed by atoms with Crippen molar-refractivity contribution in [1.82, 2.24) is 39.1 Å². The van der Waals surface area contributed by atoms with Crippen molar-refractivity contribution in [2.45, 2.75) is 37.3 Å². The van der Waals surface area contributed by atoms with Crippen molar-refractivity contribution in [2.24, 2.45) is 0 Å². The highest BCUT2D eigenvalue weighted by Crippen LogP contribution is 2.40. The molecule has 7 rings (SSSR count). The van der Waals surface area contributed by atoms with Crippen LogP contribution < -0.4 is 15.5 Å². The van der Waals surface area contributed by atoms with E-state index >= 15 is 0 Å². The van der Waals surface area contributed by atoms with Crippen LogP contribution in [0, 0.1) is 5.95 Å². The molecule has 0 unspecified atom stereocenters. The summed E-state index contributed by atoms with van der Waals surface area (Å²) in [7, 11) is 0. The minimum atomic E-state index is -0.643. The van der Waals surface area contributed by atoms with Crippen LogP contribution in [0.2, 0.25) is 5.28 Å². The molecule has 0 aromatic carbocycles. The third-order valence-electron chi connectivity index (χ3n) is 7.08. The number of imidazole rings is 1. The predicted octanol–water partition coefficient (Wildman–Crippen LogP) is 3.92. The number of pyridine rings is 1. The number of hydrogen-bond donors (Lipinski definition) is 3. The molecule has 2 aliphatic rings. The van der Waals surface area contributed by atoms with Gasteiger partial charge >= 0.3 is 0 Å². The van der Waals surface area contributed by atoms with Crippen molar-refractivity contribution in [3.63, 3.8) is 0 Å². The van der Waals surface area contributed by atoms with Crippen molar-refractivity contribution in [3.8, 4) is 0 Å². The van der Waals surface area contributed by atoms with Crippen LogP contribution in [0.1, 0.15) is 36.9 Å². The van der Waals surface area contributed by atoms with Gasteiger partial charge in [0.15, 0.2) is 5.82 Å². The molecule has 5 aromatic rings. The molecule has 0 radical (unpaired) electrons. The number of halogens is 2. The first-order valence-corrected chi connectivity index (χ1v) is 12.9. The topological polar surface area (TPSA) is 134 Å². The molecule has 3 N–H and O–H groups in total. The summed E-state index contributed by atoms with van der Waals surface area (Å²) in [5.74, 6) is 1.15. The molecule has 2 atom stereocenters. The van der Waals surface area contributed by atoms with E-state index in [9.17, 15) is 9.18 Å². The van der Waals surface area contributed by atoms with E-state index in [1.54, 1.807) is 12.4 Å². The van der Waals surface area contributed by atoms with Gasteiger partial charge in [-0.15, -0.1) is 0 Å². The Balaban J connectivity index is 1.23. The molecule has 39 heavy (non-hydrogen) atoms. The van der Waals surface area contributed by atoms with Crippen molar-refractivity contribution in [2.75, 3.05) is 22.1 Å². The first-order chi connectivity index (χ1) is 19.0. The first-order valence-electron chi connectivity index (χ1n) is 12.6. The first kappa shape index (κ1) is 23.6. The third-order valence-corrected chi connectivity index (χ3v) is 7.37. The van der Waals surface area contributed by atoms with E-state index in [0.717, 1.165) is 18.5 Å². The Kier molecular flexibility index (Phi) is 5.65. The molecule has 12 nitrogen and oxygen atoms in total. The van der Waals surface area contributed by atoms with Crippen LogP contribution in [0.5, 0.6) is 0 Å². The Morgan fingerprint density at radius 1 is 1.15 bits per heavy atom. The second-order valence-electron chi connectivity index (χ2n) is 9.71. The summed E-state index contributed by atoms with van der Waals surface area (Å²) in [6.45, 7) is 0.417. The van der Waals surface area contributed by atoms with Crippen molar-refractivity contribution in [3.05, 3.63) is 72.0 Å². The lowest BCUT2D eigenvalue weighted by Crippen LogP contribution is -2.40. The summed E-state index contributed by atoms with van der Waals surface area (Å²) >= 11 is 6.33. The molecule has 1 aliphatic heterocycles. The standard InChI is InChI=1S/C25H23ClFN11O/c26-23-28-7-9-36(23)16-10-18(22(39)30-15-5-6-19(27)29-12-15)38(13-16)25-32-21-2-1-8-37(21)24(33-25)31-20-11-17(34-35-20)14-3-4-14/h1-2,5-9,11-12,14,16,18H,3-4,10,13H2,(H,30,39)(H2,31,32,33,34,35)/t16-,18-/m0/s1. The molecule has 1 saturated heterocycles. The second-order valence-corrected chi connectivity index (χ2v) is 10.0. The fraction of sp³-hybridized carbons (Fsp3) is 0.280. The largest absolute Gasteiger partial charge is 0.326 e. The van der Waals surface area contributed by atoms with Gasteiger partial charge in [-0.05, 0) is 55.1 Å². The number of carbonyl (C=O) groups is 1. The Morgan fingerprint density at radius 3 is 2.82 bits per heavy atom. The summed E-state index contributed by atoms with van der Waals surface area (Å²) in [5.41, 5.74) is 2.15. The smallest absolute Gasteiger partial charge is 0.247 e. The minimum absolute atomic E-state index is 0.155. The summed E-state index contributed by atoms with van der Waals surface area (Å²) in [6, 6.07) is 7.61. The Morgan fingerprint density at radius 2 is 2.05 bits per heavy atom. The van der Waals surface area contributed by atoms with Crippen LogP contribution in [0.25, 0.3) is 5.65 Å². The highest BCUT2D eigenvalue weighted by Gasteiger charge is 2.40. The third kappa shape index (κ3) is 4.54. The van der Waals surface area contributed by atoms with Gasteiger partial charge in [-0.1, -0.05) is 0 Å². The van der Waals surface area contributed by atoms with Crippen molar-refractivity contribution >= 4 is 46.6 Å². The molecule has 6 heterocycles. The van der Waals surface area contributed by atoms with Crippen molar-refractivity contribution < 1.29 is 9.18 Å². The van der Waals surface area contributed by atoms with Gasteiger partial charge in [0.25, 0.3) is 0 Å². The van der Waals surface area contributed by atoms with E-state index in [1.807, 2.05) is 38.3 Å². The van der Waals surface area contributed by atoms with Gasteiger partial charge in [-0.25, -0.2) is 9.97 Å². The number of anilines is 4. The fourth-order valence-electron chi connectivity index (χ4n) is 4.98. The zero-order valence-electron chi connectivity index (χ0n) is 20.5. The zero-order chi connectivity index (χ0) is 26.5. The average Bonchev–Trinajstić information content (AvgIpc) is 3.32. The number of hydrogen-bond acceptors (Lipinski definition) is 8. The lowest BCUT2D eigenvalue weighted by molar-refractivity contribution is -0.117. The second kappa shape index (κ2) is 9.34. The molecule has 5 aromatic heterocycles. The number of fused-ring (bicyclic) bond motifs is 1. The van der Waals surface area contributed by atoms with Gasteiger partial charge in [-0.3, -0.25) is 14.3 Å². The minimum Gasteiger partial charge on any atom is -0.326 e. The fourth-order valence-corrected chi connectivity index (χ4v) is 5.23. The molecule has 0 bridgehead atoms.